The molecule has 0 aromatic heterocycles. The van der Waals surface area contributed by atoms with Crippen LogP contribution in [0.2, 0.25) is 0 Å². The molecule has 0 spiro atoms. The minimum Gasteiger partial charge on any atom is -0.423 e. The molecule has 1 aromatic carbocycles. The van der Waals surface area contributed by atoms with Gasteiger partial charge < -0.3 is 19.7 Å². The van der Waals surface area contributed by atoms with Gasteiger partial charge >= 0.3 is 11.9 Å². The van der Waals surface area contributed by atoms with Crippen LogP contribution in [0.5, 0.6) is 11.5 Å². The molecular weight excluding hydrogens is 336 g/mol. The molecule has 0 amide bonds. The van der Waals surface area contributed by atoms with E-state index in [0.717, 1.165) is 0 Å². The molecule has 0 heterocycles. The first-order valence-electron chi connectivity index (χ1n) is 8.29. The van der Waals surface area contributed by atoms with Crippen LogP contribution in [0.3, 0.4) is 0 Å². The molecule has 2 atom stereocenters. The number of carbonyl (C=O) groups excluding carboxylic acids is 2. The summed E-state index contributed by atoms with van der Waals surface area (Å²) < 4.78 is 10.8. The number of carbonyl (C=O) groups is 2. The molecule has 26 heavy (non-hydrogen) atoms. The Balaban J connectivity index is 3.51. The Hall–Kier alpha value is -2.44. The lowest BCUT2D eigenvalue weighted by atomic mass is 9.99. The van der Waals surface area contributed by atoms with E-state index in [4.69, 9.17) is 9.47 Å². The van der Waals surface area contributed by atoms with E-state index in [0.29, 0.717) is 11.1 Å². The Morgan fingerprint density at radius 1 is 0.962 bits per heavy atom. The summed E-state index contributed by atoms with van der Waals surface area (Å²) in [5.74, 6) is -0.950. The van der Waals surface area contributed by atoms with Crippen LogP contribution in [0.1, 0.15) is 38.8 Å². The third kappa shape index (κ3) is 6.13. The normalized spacial score (nSPS) is 12.8. The average Bonchev–Trinajstić information content (AvgIpc) is 2.51. The first-order valence-corrected chi connectivity index (χ1v) is 8.29. The molecule has 1 aromatic rings. The van der Waals surface area contributed by atoms with Crippen molar-refractivity contribution in [1.29, 1.82) is 0 Å². The molecule has 0 bridgehead atoms. The molecule has 2 N–H and O–H groups in total. The molecule has 1 rings (SSSR count). The number of rotatable bonds is 8. The molecular formula is C20H26O6. The van der Waals surface area contributed by atoms with Gasteiger partial charge in [-0.15, -0.1) is 0 Å². The van der Waals surface area contributed by atoms with Crippen LogP contribution >= 0.6 is 0 Å². The highest BCUT2D eigenvalue weighted by atomic mass is 16.5. The van der Waals surface area contributed by atoms with Crippen molar-refractivity contribution in [3.63, 3.8) is 0 Å². The molecule has 6 heteroatoms. The van der Waals surface area contributed by atoms with Crippen molar-refractivity contribution in [3.05, 3.63) is 47.6 Å². The third-order valence-electron chi connectivity index (χ3n) is 3.41. The van der Waals surface area contributed by atoms with Crippen molar-refractivity contribution in [1.82, 2.24) is 0 Å². The second-order valence-electron chi connectivity index (χ2n) is 6.48. The first-order chi connectivity index (χ1) is 12.0. The Labute approximate surface area is 153 Å². The highest BCUT2D eigenvalue weighted by molar-refractivity contribution is 5.90. The number of aliphatic hydroxyl groups excluding tert-OH is 2. The molecule has 0 aliphatic heterocycles. The average molecular weight is 362 g/mol. The number of esters is 2. The summed E-state index contributed by atoms with van der Waals surface area (Å²) in [4.78, 5) is 24.0. The summed E-state index contributed by atoms with van der Waals surface area (Å²) in [6, 6.07) is 3.16. The van der Waals surface area contributed by atoms with E-state index in [2.05, 4.69) is 13.2 Å². The lowest BCUT2D eigenvalue weighted by Gasteiger charge is -2.20. The minimum absolute atomic E-state index is 0.0885. The Morgan fingerprint density at radius 3 is 1.92 bits per heavy atom. The van der Waals surface area contributed by atoms with Crippen molar-refractivity contribution in [3.8, 4) is 11.5 Å². The predicted octanol–water partition coefficient (Wildman–Crippen LogP) is 2.50. The summed E-state index contributed by atoms with van der Waals surface area (Å²) >= 11 is 0. The fourth-order valence-corrected chi connectivity index (χ4v) is 2.22. The van der Waals surface area contributed by atoms with Gasteiger partial charge in [-0.25, -0.2) is 9.59 Å². The van der Waals surface area contributed by atoms with Gasteiger partial charge in [0.15, 0.2) is 0 Å². The van der Waals surface area contributed by atoms with Crippen LogP contribution in [0.25, 0.3) is 0 Å². The van der Waals surface area contributed by atoms with E-state index in [1.54, 1.807) is 26.0 Å². The highest BCUT2D eigenvalue weighted by Gasteiger charge is 2.22. The topological polar surface area (TPSA) is 93.1 Å². The molecule has 0 fully saturated rings. The standard InChI is InChI=1S/C20H26O6/c1-11(2)19(23)25-17-8-7-15(9-13(5)21)18(16(17)10-14(6)22)26-20(24)12(3)4/h7-8,13-14,21-22H,1,3,9-10H2,2,4-6H3. The van der Waals surface area contributed by atoms with E-state index in [9.17, 15) is 19.8 Å². The molecule has 0 saturated carbocycles. The van der Waals surface area contributed by atoms with Gasteiger partial charge in [0.2, 0.25) is 0 Å². The fraction of sp³-hybridized carbons (Fsp3) is 0.400. The van der Waals surface area contributed by atoms with E-state index in [1.807, 2.05) is 0 Å². The van der Waals surface area contributed by atoms with Crippen LogP contribution in [-0.2, 0) is 22.4 Å². The Kier molecular flexibility index (Phi) is 7.74. The fourth-order valence-electron chi connectivity index (χ4n) is 2.22. The summed E-state index contributed by atoms with van der Waals surface area (Å²) in [6.45, 7) is 13.3. The molecule has 0 aliphatic rings. The second kappa shape index (κ2) is 9.31. The SMILES string of the molecule is C=C(C)C(=O)Oc1ccc(CC(C)O)c(OC(=O)C(=C)C)c1CC(C)O. The van der Waals surface area contributed by atoms with Crippen LogP contribution < -0.4 is 9.47 Å². The Bertz CT molecular complexity index is 715. The van der Waals surface area contributed by atoms with Crippen LogP contribution in [-0.4, -0.2) is 34.4 Å². The maximum absolute atomic E-state index is 12.1. The molecule has 6 nitrogen and oxygen atoms in total. The summed E-state index contributed by atoms with van der Waals surface area (Å²) in [5, 5.41) is 19.6. The van der Waals surface area contributed by atoms with Crippen molar-refractivity contribution >= 4 is 11.9 Å². The van der Waals surface area contributed by atoms with Gasteiger partial charge in [0, 0.05) is 29.6 Å². The molecule has 0 radical (unpaired) electrons. The number of ether oxygens (including phenoxy) is 2. The number of benzene rings is 1. The van der Waals surface area contributed by atoms with Gasteiger partial charge in [0.25, 0.3) is 0 Å². The van der Waals surface area contributed by atoms with Gasteiger partial charge in [-0.2, -0.15) is 0 Å². The van der Waals surface area contributed by atoms with E-state index in [1.165, 1.54) is 13.8 Å². The lowest BCUT2D eigenvalue weighted by molar-refractivity contribution is -0.130. The van der Waals surface area contributed by atoms with Crippen LogP contribution in [0, 0.1) is 0 Å². The minimum atomic E-state index is -0.777. The zero-order valence-corrected chi connectivity index (χ0v) is 15.7. The maximum atomic E-state index is 12.1. The van der Waals surface area contributed by atoms with Crippen molar-refractivity contribution < 1.29 is 29.3 Å². The first kappa shape index (κ1) is 21.6. The monoisotopic (exact) mass is 362 g/mol. The molecule has 0 saturated heterocycles. The number of hydrogen-bond donors (Lipinski definition) is 2. The summed E-state index contributed by atoms with van der Waals surface area (Å²) in [6.07, 6.45) is -1.15. The maximum Gasteiger partial charge on any atom is 0.338 e. The quantitative estimate of drug-likeness (QED) is 0.419. The summed E-state index contributed by atoms with van der Waals surface area (Å²) in [7, 11) is 0. The zero-order valence-electron chi connectivity index (χ0n) is 15.7. The lowest BCUT2D eigenvalue weighted by Crippen LogP contribution is -2.18. The number of hydrogen-bond acceptors (Lipinski definition) is 6. The zero-order chi connectivity index (χ0) is 20.0. The van der Waals surface area contributed by atoms with Gasteiger partial charge in [-0.1, -0.05) is 19.2 Å². The number of aliphatic hydroxyl groups is 2. The second-order valence-corrected chi connectivity index (χ2v) is 6.48. The van der Waals surface area contributed by atoms with Gasteiger partial charge in [0.05, 0.1) is 12.2 Å². The van der Waals surface area contributed by atoms with Gasteiger partial charge in [0.1, 0.15) is 11.5 Å². The molecule has 2 unspecified atom stereocenters. The van der Waals surface area contributed by atoms with Crippen molar-refractivity contribution in [2.45, 2.75) is 52.7 Å². The largest absolute Gasteiger partial charge is 0.423 e. The van der Waals surface area contributed by atoms with Crippen LogP contribution in [0.15, 0.2) is 36.4 Å². The van der Waals surface area contributed by atoms with Gasteiger partial charge in [-0.3, -0.25) is 0 Å². The van der Waals surface area contributed by atoms with E-state index >= 15 is 0 Å². The van der Waals surface area contributed by atoms with E-state index < -0.39 is 24.1 Å². The van der Waals surface area contributed by atoms with E-state index in [-0.39, 0.29) is 35.5 Å². The van der Waals surface area contributed by atoms with Crippen molar-refractivity contribution in [2.24, 2.45) is 0 Å². The predicted molar refractivity (Wildman–Crippen MR) is 98.1 cm³/mol. The molecule has 142 valence electrons. The highest BCUT2D eigenvalue weighted by Crippen LogP contribution is 2.35. The third-order valence-corrected chi connectivity index (χ3v) is 3.41. The van der Waals surface area contributed by atoms with Gasteiger partial charge in [-0.05, 0) is 39.3 Å². The van der Waals surface area contributed by atoms with Crippen molar-refractivity contribution in [2.75, 3.05) is 0 Å². The molecule has 0 aliphatic carbocycles. The smallest absolute Gasteiger partial charge is 0.338 e. The van der Waals surface area contributed by atoms with Crippen LogP contribution in [0.4, 0.5) is 0 Å². The Morgan fingerprint density at radius 2 is 1.46 bits per heavy atom. The summed E-state index contributed by atoms with van der Waals surface area (Å²) in [5.41, 5.74) is 1.32.